The number of nitrogens with zero attached hydrogens (tertiary/aromatic N) is 2. The van der Waals surface area contributed by atoms with Crippen LogP contribution in [-0.2, 0) is 6.54 Å². The standard InChI is InChI=1S/C13H13N3O4/c1-8-9(2)20-12(15-8)7-14-13(17)10-4-3-5-11(6-10)16(18)19/h3-6H,7H2,1-2H3,(H,14,17). The maximum Gasteiger partial charge on any atom is 0.270 e. The van der Waals surface area contributed by atoms with Crippen molar-refractivity contribution in [3.8, 4) is 0 Å². The fraction of sp³-hybridized carbons (Fsp3) is 0.231. The van der Waals surface area contributed by atoms with Crippen molar-refractivity contribution in [2.24, 2.45) is 0 Å². The Morgan fingerprint density at radius 2 is 2.20 bits per heavy atom. The third-order valence-corrected chi connectivity index (χ3v) is 2.79. The summed E-state index contributed by atoms with van der Waals surface area (Å²) in [5, 5.41) is 13.2. The number of carbonyl (C=O) groups excluding carboxylic acids is 1. The molecule has 0 bridgehead atoms. The Kier molecular flexibility index (Phi) is 3.79. The smallest absolute Gasteiger partial charge is 0.270 e. The molecule has 7 nitrogen and oxygen atoms in total. The van der Waals surface area contributed by atoms with Crippen LogP contribution in [0.2, 0.25) is 0 Å². The molecule has 1 heterocycles. The highest BCUT2D eigenvalue weighted by Crippen LogP contribution is 2.13. The first-order chi connectivity index (χ1) is 9.47. The first-order valence-corrected chi connectivity index (χ1v) is 5.93. The number of non-ortho nitro benzene ring substituents is 1. The van der Waals surface area contributed by atoms with Gasteiger partial charge in [0.15, 0.2) is 0 Å². The number of benzene rings is 1. The molecule has 1 aromatic heterocycles. The topological polar surface area (TPSA) is 98.3 Å². The molecule has 0 aliphatic rings. The molecule has 0 saturated carbocycles. The van der Waals surface area contributed by atoms with Crippen LogP contribution in [-0.4, -0.2) is 15.8 Å². The van der Waals surface area contributed by atoms with Gasteiger partial charge >= 0.3 is 0 Å². The van der Waals surface area contributed by atoms with Crippen molar-refractivity contribution in [2.75, 3.05) is 0 Å². The summed E-state index contributed by atoms with van der Waals surface area (Å²) in [4.78, 5) is 26.1. The number of amides is 1. The van der Waals surface area contributed by atoms with Gasteiger partial charge in [0.05, 0.1) is 17.2 Å². The minimum Gasteiger partial charge on any atom is -0.444 e. The van der Waals surface area contributed by atoms with Crippen LogP contribution in [0.1, 0.15) is 27.7 Å². The van der Waals surface area contributed by atoms with Crippen LogP contribution in [0.3, 0.4) is 0 Å². The van der Waals surface area contributed by atoms with Crippen molar-refractivity contribution in [3.05, 3.63) is 57.3 Å². The van der Waals surface area contributed by atoms with Crippen molar-refractivity contribution in [3.63, 3.8) is 0 Å². The number of aromatic nitrogens is 1. The van der Waals surface area contributed by atoms with Crippen LogP contribution < -0.4 is 5.32 Å². The van der Waals surface area contributed by atoms with Crippen LogP contribution in [0.15, 0.2) is 28.7 Å². The summed E-state index contributed by atoms with van der Waals surface area (Å²) >= 11 is 0. The van der Waals surface area contributed by atoms with Crippen LogP contribution in [0.4, 0.5) is 5.69 Å². The molecule has 1 aromatic carbocycles. The molecule has 7 heteroatoms. The maximum atomic E-state index is 11.9. The van der Waals surface area contributed by atoms with Crippen LogP contribution >= 0.6 is 0 Å². The van der Waals surface area contributed by atoms with Crippen LogP contribution in [0.25, 0.3) is 0 Å². The summed E-state index contributed by atoms with van der Waals surface area (Å²) in [5.41, 5.74) is 0.865. The predicted octanol–water partition coefficient (Wildman–Crippen LogP) is 2.13. The number of hydrogen-bond donors (Lipinski definition) is 1. The molecule has 0 radical (unpaired) electrons. The highest BCUT2D eigenvalue weighted by Gasteiger charge is 2.12. The minimum atomic E-state index is -0.544. The van der Waals surface area contributed by atoms with E-state index in [-0.39, 0.29) is 17.8 Å². The Hall–Kier alpha value is -2.70. The molecule has 0 aliphatic carbocycles. The predicted molar refractivity (Wildman–Crippen MR) is 70.2 cm³/mol. The number of oxazole rings is 1. The summed E-state index contributed by atoms with van der Waals surface area (Å²) in [5.74, 6) is 0.686. The van der Waals surface area contributed by atoms with Gasteiger partial charge in [-0.3, -0.25) is 14.9 Å². The van der Waals surface area contributed by atoms with Crippen molar-refractivity contribution in [2.45, 2.75) is 20.4 Å². The highest BCUT2D eigenvalue weighted by molar-refractivity contribution is 5.94. The van der Waals surface area contributed by atoms with Crippen molar-refractivity contribution >= 4 is 11.6 Å². The van der Waals surface area contributed by atoms with Gasteiger partial charge in [0, 0.05) is 17.7 Å². The van der Waals surface area contributed by atoms with Gasteiger partial charge in [0.1, 0.15) is 5.76 Å². The van der Waals surface area contributed by atoms with Gasteiger partial charge in [0.2, 0.25) is 5.89 Å². The van der Waals surface area contributed by atoms with Crippen molar-refractivity contribution < 1.29 is 14.1 Å². The molecule has 0 unspecified atom stereocenters. The van der Waals surface area contributed by atoms with E-state index in [1.54, 1.807) is 6.92 Å². The molecule has 0 aliphatic heterocycles. The zero-order valence-electron chi connectivity index (χ0n) is 11.0. The molecule has 0 spiro atoms. The fourth-order valence-electron chi connectivity index (χ4n) is 1.63. The second kappa shape index (κ2) is 5.52. The lowest BCUT2D eigenvalue weighted by atomic mass is 10.2. The average Bonchev–Trinajstić information content (AvgIpc) is 2.75. The molecule has 1 amide bonds. The van der Waals surface area contributed by atoms with E-state index in [1.807, 2.05) is 6.92 Å². The third-order valence-electron chi connectivity index (χ3n) is 2.79. The molecule has 20 heavy (non-hydrogen) atoms. The zero-order chi connectivity index (χ0) is 14.7. The number of nitro benzene ring substituents is 1. The van der Waals surface area contributed by atoms with Gasteiger partial charge < -0.3 is 9.73 Å². The summed E-state index contributed by atoms with van der Waals surface area (Å²) in [6.45, 7) is 3.73. The van der Waals surface area contributed by atoms with E-state index in [4.69, 9.17) is 4.42 Å². The van der Waals surface area contributed by atoms with Crippen molar-refractivity contribution in [1.29, 1.82) is 0 Å². The number of nitrogens with one attached hydrogen (secondary N) is 1. The number of hydrogen-bond acceptors (Lipinski definition) is 5. The maximum absolute atomic E-state index is 11.9. The second-order valence-corrected chi connectivity index (χ2v) is 4.24. The number of rotatable bonds is 4. The Morgan fingerprint density at radius 3 is 2.80 bits per heavy atom. The summed E-state index contributed by atoms with van der Waals surface area (Å²) in [7, 11) is 0. The van der Waals surface area contributed by atoms with E-state index in [1.165, 1.54) is 24.3 Å². The van der Waals surface area contributed by atoms with Gasteiger partial charge in [-0.2, -0.15) is 0 Å². The Morgan fingerprint density at radius 1 is 1.45 bits per heavy atom. The summed E-state index contributed by atoms with van der Waals surface area (Å²) in [6.07, 6.45) is 0. The first-order valence-electron chi connectivity index (χ1n) is 5.93. The van der Waals surface area contributed by atoms with Gasteiger partial charge in [-0.1, -0.05) is 6.07 Å². The molecule has 1 N–H and O–H groups in total. The third kappa shape index (κ3) is 3.00. The summed E-state index contributed by atoms with van der Waals surface area (Å²) < 4.78 is 5.33. The minimum absolute atomic E-state index is 0.125. The van der Waals surface area contributed by atoms with Gasteiger partial charge in [0.25, 0.3) is 11.6 Å². The number of nitro groups is 1. The molecular formula is C13H13N3O4. The van der Waals surface area contributed by atoms with Crippen LogP contribution in [0, 0.1) is 24.0 Å². The van der Waals surface area contributed by atoms with Gasteiger partial charge in [-0.05, 0) is 19.9 Å². The SMILES string of the molecule is Cc1nc(CNC(=O)c2cccc([N+](=O)[O-])c2)oc1C. The highest BCUT2D eigenvalue weighted by atomic mass is 16.6. The second-order valence-electron chi connectivity index (χ2n) is 4.24. The van der Waals surface area contributed by atoms with E-state index < -0.39 is 10.8 Å². The number of carbonyl (C=O) groups is 1. The largest absolute Gasteiger partial charge is 0.444 e. The molecule has 104 valence electrons. The monoisotopic (exact) mass is 275 g/mol. The molecule has 0 saturated heterocycles. The molecule has 2 rings (SSSR count). The van der Waals surface area contributed by atoms with Gasteiger partial charge in [-0.25, -0.2) is 4.98 Å². The normalized spacial score (nSPS) is 10.3. The van der Waals surface area contributed by atoms with E-state index in [0.29, 0.717) is 11.7 Å². The molecular weight excluding hydrogens is 262 g/mol. The average molecular weight is 275 g/mol. The van der Waals surface area contributed by atoms with Crippen LogP contribution in [0.5, 0.6) is 0 Å². The Balaban J connectivity index is 2.05. The lowest BCUT2D eigenvalue weighted by Gasteiger charge is -2.02. The van der Waals surface area contributed by atoms with E-state index in [9.17, 15) is 14.9 Å². The van der Waals surface area contributed by atoms with E-state index >= 15 is 0 Å². The number of aryl methyl sites for hydroxylation is 2. The Labute approximate surface area is 114 Å². The van der Waals surface area contributed by atoms with E-state index in [0.717, 1.165) is 5.69 Å². The Bertz CT molecular complexity index is 644. The molecule has 0 atom stereocenters. The quantitative estimate of drug-likeness (QED) is 0.680. The van der Waals surface area contributed by atoms with E-state index in [2.05, 4.69) is 10.3 Å². The van der Waals surface area contributed by atoms with Crippen molar-refractivity contribution in [1.82, 2.24) is 10.3 Å². The lowest BCUT2D eigenvalue weighted by molar-refractivity contribution is -0.384. The zero-order valence-corrected chi connectivity index (χ0v) is 11.0. The van der Waals surface area contributed by atoms with Gasteiger partial charge in [-0.15, -0.1) is 0 Å². The molecule has 2 aromatic rings. The molecule has 0 fully saturated rings. The lowest BCUT2D eigenvalue weighted by Crippen LogP contribution is -2.23. The first kappa shape index (κ1) is 13.7. The summed E-state index contributed by atoms with van der Waals surface area (Å²) in [6, 6.07) is 5.53. The fourth-order valence-corrected chi connectivity index (χ4v) is 1.63.